The van der Waals surface area contributed by atoms with Crippen LogP contribution in [0.2, 0.25) is 0 Å². The summed E-state index contributed by atoms with van der Waals surface area (Å²) < 4.78 is 10.4. The van der Waals surface area contributed by atoms with Crippen LogP contribution in [-0.2, 0) is 4.74 Å². The number of benzene rings is 2. The zero-order valence-corrected chi connectivity index (χ0v) is 22.5. The molecular weight excluding hydrogens is 484 g/mol. The largest absolute Gasteiger partial charge is 0.441 e. The zero-order chi connectivity index (χ0) is 23.9. The van der Waals surface area contributed by atoms with Gasteiger partial charge in [0.05, 0.1) is 0 Å². The van der Waals surface area contributed by atoms with Crippen LogP contribution in [-0.4, -0.2) is 27.8 Å². The van der Waals surface area contributed by atoms with Gasteiger partial charge in [0.25, 0.3) is 0 Å². The molecule has 0 heterocycles. The van der Waals surface area contributed by atoms with Crippen LogP contribution in [0.25, 0.3) is 5.70 Å². The Hall–Kier alpha value is -1.92. The highest BCUT2D eigenvalue weighted by Crippen LogP contribution is 2.26. The van der Waals surface area contributed by atoms with Gasteiger partial charge in [0, 0.05) is 27.0 Å². The Morgan fingerprint density at radius 1 is 1.06 bits per heavy atom. The summed E-state index contributed by atoms with van der Waals surface area (Å²) in [5.74, 6) is 0. The maximum atomic E-state index is 13.1. The van der Waals surface area contributed by atoms with Crippen LogP contribution in [0.5, 0.6) is 0 Å². The summed E-state index contributed by atoms with van der Waals surface area (Å²) in [7, 11) is 0. The van der Waals surface area contributed by atoms with E-state index in [1.54, 1.807) is 16.8 Å². The summed E-state index contributed by atoms with van der Waals surface area (Å²) in [4.78, 5) is 14.9. The quantitative estimate of drug-likeness (QED) is 0.379. The summed E-state index contributed by atoms with van der Waals surface area (Å²) >= 11 is 5.10. The fraction of sp³-hybridized carbons (Fsp3) is 0.423. The highest BCUT2D eigenvalue weighted by atomic mass is 79.9. The van der Waals surface area contributed by atoms with Crippen molar-refractivity contribution >= 4 is 39.7 Å². The Labute approximate surface area is 206 Å². The van der Waals surface area contributed by atoms with Crippen LogP contribution in [0.3, 0.4) is 0 Å². The lowest BCUT2D eigenvalue weighted by molar-refractivity contribution is 0.0472. The van der Waals surface area contributed by atoms with Gasteiger partial charge in [-0.25, -0.2) is 4.79 Å². The van der Waals surface area contributed by atoms with Crippen molar-refractivity contribution in [1.82, 2.24) is 9.62 Å². The van der Waals surface area contributed by atoms with Crippen molar-refractivity contribution in [2.24, 2.45) is 0 Å². The molecule has 6 heteroatoms. The number of nitrogens with zero attached hydrogens (tertiary/aromatic N) is 1. The third-order valence-corrected chi connectivity index (χ3v) is 6.14. The molecular formula is C26H35BrN2O2S. The molecule has 4 nitrogen and oxygen atoms in total. The average Bonchev–Trinajstić information content (AvgIpc) is 2.69. The van der Waals surface area contributed by atoms with E-state index in [0.717, 1.165) is 21.3 Å². The molecule has 0 bridgehead atoms. The molecule has 0 unspecified atom stereocenters. The molecule has 0 aliphatic rings. The summed E-state index contributed by atoms with van der Waals surface area (Å²) in [6.45, 7) is 14.9. The van der Waals surface area contributed by atoms with Crippen LogP contribution < -0.4 is 4.72 Å². The zero-order valence-electron chi connectivity index (χ0n) is 20.1. The van der Waals surface area contributed by atoms with Gasteiger partial charge in [-0.1, -0.05) is 58.4 Å². The monoisotopic (exact) mass is 518 g/mol. The van der Waals surface area contributed by atoms with E-state index in [9.17, 15) is 4.79 Å². The van der Waals surface area contributed by atoms with Gasteiger partial charge in [0.1, 0.15) is 6.10 Å². The molecule has 2 rings (SSSR count). The van der Waals surface area contributed by atoms with Crippen molar-refractivity contribution in [1.29, 1.82) is 0 Å². The molecule has 0 radical (unpaired) electrons. The first-order valence-electron chi connectivity index (χ1n) is 10.8. The van der Waals surface area contributed by atoms with Crippen LogP contribution in [0, 0.1) is 0 Å². The minimum Gasteiger partial charge on any atom is -0.441 e. The second-order valence-electron chi connectivity index (χ2n) is 9.66. The second-order valence-corrected chi connectivity index (χ2v) is 12.2. The third kappa shape index (κ3) is 8.55. The van der Waals surface area contributed by atoms with Crippen LogP contribution >= 0.6 is 27.9 Å². The first-order chi connectivity index (χ1) is 14.9. The van der Waals surface area contributed by atoms with Crippen LogP contribution in [0.15, 0.2) is 65.1 Å². The molecule has 0 saturated heterocycles. The minimum atomic E-state index is -0.397. The summed E-state index contributed by atoms with van der Waals surface area (Å²) in [5, 5.41) is 0. The first-order valence-corrected chi connectivity index (χ1v) is 12.4. The lowest BCUT2D eigenvalue weighted by atomic mass is 10.1. The third-order valence-electron chi connectivity index (χ3n) is 4.68. The predicted molar refractivity (Wildman–Crippen MR) is 140 cm³/mol. The van der Waals surface area contributed by atoms with E-state index in [1.807, 2.05) is 70.2 Å². The molecule has 1 atom stereocenters. The van der Waals surface area contributed by atoms with Crippen molar-refractivity contribution < 1.29 is 9.53 Å². The maximum Gasteiger partial charge on any atom is 0.411 e. The summed E-state index contributed by atoms with van der Waals surface area (Å²) in [5.41, 5.74) is 2.62. The average molecular weight is 520 g/mol. The number of carbonyl (C=O) groups excluding carboxylic acids is 1. The van der Waals surface area contributed by atoms with Gasteiger partial charge in [-0.3, -0.25) is 4.90 Å². The molecule has 0 saturated carbocycles. The van der Waals surface area contributed by atoms with E-state index in [2.05, 4.69) is 59.6 Å². The lowest BCUT2D eigenvalue weighted by Crippen LogP contribution is -2.46. The summed E-state index contributed by atoms with van der Waals surface area (Å²) in [6.07, 6.45) is 1.39. The Morgan fingerprint density at radius 2 is 1.66 bits per heavy atom. The number of ether oxygens (including phenoxy) is 1. The number of hydrogen-bond donors (Lipinski definition) is 1. The minimum absolute atomic E-state index is 0.0522. The number of nitrogens with one attached hydrogen (secondary N) is 1. The van der Waals surface area contributed by atoms with Crippen molar-refractivity contribution in [2.75, 3.05) is 6.54 Å². The molecule has 174 valence electrons. The Bertz CT molecular complexity index is 900. The van der Waals surface area contributed by atoms with E-state index in [1.165, 1.54) is 0 Å². The van der Waals surface area contributed by atoms with Crippen LogP contribution in [0.4, 0.5) is 4.79 Å². The van der Waals surface area contributed by atoms with E-state index in [4.69, 9.17) is 4.74 Å². The highest BCUT2D eigenvalue weighted by Gasteiger charge is 2.28. The number of hydrogen-bond acceptors (Lipinski definition) is 4. The Morgan fingerprint density at radius 3 is 2.19 bits per heavy atom. The molecule has 2 aromatic carbocycles. The van der Waals surface area contributed by atoms with Crippen molar-refractivity contribution in [3.63, 3.8) is 0 Å². The standard InChI is InChI=1S/C26H35BrN2O2S/c1-19(20-13-15-22(27)16-14-20)31-24(30)29(25(2,3)4)18-17-23(28-32-26(5,6)7)21-11-9-8-10-12-21/h8-17,19,28H,18H2,1-7H3/t19-/m0/s1. The molecule has 1 amide bonds. The van der Waals surface area contributed by atoms with E-state index in [-0.39, 0.29) is 16.9 Å². The van der Waals surface area contributed by atoms with E-state index in [0.29, 0.717) is 6.54 Å². The predicted octanol–water partition coefficient (Wildman–Crippen LogP) is 7.82. The number of halogens is 1. The normalized spacial score (nSPS) is 13.4. The SMILES string of the molecule is C[C@H](OC(=O)N(CC=C(NSC(C)(C)C)c1ccccc1)C(C)(C)C)c1ccc(Br)cc1. The first kappa shape index (κ1) is 26.3. The van der Waals surface area contributed by atoms with E-state index < -0.39 is 5.54 Å². The molecule has 0 aliphatic carbocycles. The molecule has 0 aliphatic heterocycles. The fourth-order valence-corrected chi connectivity index (χ4v) is 3.75. The van der Waals surface area contributed by atoms with Crippen LogP contribution in [0.1, 0.15) is 65.7 Å². The second kappa shape index (κ2) is 11.3. The molecule has 0 fully saturated rings. The van der Waals surface area contributed by atoms with Gasteiger partial charge >= 0.3 is 6.09 Å². The van der Waals surface area contributed by atoms with Crippen molar-refractivity contribution in [2.45, 2.75) is 64.9 Å². The van der Waals surface area contributed by atoms with Gasteiger partial charge in [-0.15, -0.1) is 0 Å². The van der Waals surface area contributed by atoms with Gasteiger partial charge in [0.15, 0.2) is 0 Å². The van der Waals surface area contributed by atoms with Gasteiger partial charge in [-0.05, 0) is 89.7 Å². The number of carbonyl (C=O) groups is 1. The highest BCUT2D eigenvalue weighted by molar-refractivity contribution is 9.10. The molecule has 0 spiro atoms. The van der Waals surface area contributed by atoms with Gasteiger partial charge < -0.3 is 9.46 Å². The Kier molecular flexibility index (Phi) is 9.28. The summed E-state index contributed by atoms with van der Waals surface area (Å²) in [6, 6.07) is 18.0. The molecule has 2 aromatic rings. The van der Waals surface area contributed by atoms with Crippen molar-refractivity contribution in [3.05, 3.63) is 76.3 Å². The maximum absolute atomic E-state index is 13.1. The van der Waals surface area contributed by atoms with Gasteiger partial charge in [0.2, 0.25) is 0 Å². The smallest absolute Gasteiger partial charge is 0.411 e. The van der Waals surface area contributed by atoms with Gasteiger partial charge in [-0.2, -0.15) is 0 Å². The number of amides is 1. The van der Waals surface area contributed by atoms with E-state index >= 15 is 0 Å². The fourth-order valence-electron chi connectivity index (χ4n) is 2.87. The molecule has 0 aromatic heterocycles. The lowest BCUT2D eigenvalue weighted by Gasteiger charge is -2.35. The number of rotatable bonds is 7. The molecule has 32 heavy (non-hydrogen) atoms. The topological polar surface area (TPSA) is 41.6 Å². The van der Waals surface area contributed by atoms with Crippen molar-refractivity contribution in [3.8, 4) is 0 Å². The molecule has 1 N–H and O–H groups in total. The Balaban J connectivity index is 2.22.